The minimum atomic E-state index is -3.83. The number of hydrogen-bond acceptors (Lipinski definition) is 4. The van der Waals surface area contributed by atoms with Gasteiger partial charge in [0.15, 0.2) is 0 Å². The topological polar surface area (TPSA) is 104 Å². The van der Waals surface area contributed by atoms with Crippen molar-refractivity contribution < 1.29 is 23.1 Å². The Balaban J connectivity index is 3.12. The van der Waals surface area contributed by atoms with Crippen molar-refractivity contribution in [2.45, 2.75) is 18.7 Å². The molecule has 1 aromatic rings. The van der Waals surface area contributed by atoms with Crippen molar-refractivity contribution in [2.24, 2.45) is 5.92 Å². The van der Waals surface area contributed by atoms with Gasteiger partial charge in [0.2, 0.25) is 10.0 Å². The van der Waals surface area contributed by atoms with Crippen molar-refractivity contribution >= 4 is 21.9 Å². The number of amides is 1. The van der Waals surface area contributed by atoms with E-state index in [0.717, 1.165) is 0 Å². The van der Waals surface area contributed by atoms with Gasteiger partial charge in [0, 0.05) is 12.1 Å². The Morgan fingerprint density at radius 2 is 2.04 bits per heavy atom. The van der Waals surface area contributed by atoms with Crippen molar-refractivity contribution in [3.63, 3.8) is 0 Å². The van der Waals surface area contributed by atoms with Crippen LogP contribution in [0.3, 0.4) is 0 Å². The number of benzene rings is 1. The van der Waals surface area contributed by atoms with Crippen molar-refractivity contribution in [2.75, 3.05) is 19.6 Å². The summed E-state index contributed by atoms with van der Waals surface area (Å²) in [6.45, 7) is 3.33. The lowest BCUT2D eigenvalue weighted by Crippen LogP contribution is -2.38. The molecule has 0 bridgehead atoms. The Morgan fingerprint density at radius 1 is 1.38 bits per heavy atom. The molecule has 7 nitrogen and oxygen atoms in total. The van der Waals surface area contributed by atoms with Gasteiger partial charge in [-0.1, -0.05) is 25.8 Å². The predicted octanol–water partition coefficient (Wildman–Crippen LogP) is 0.781. The van der Waals surface area contributed by atoms with Gasteiger partial charge < -0.3 is 10.0 Å². The molecular weight excluding hydrogens is 332 g/mol. The second kappa shape index (κ2) is 8.47. The number of rotatable bonds is 8. The Bertz CT molecular complexity index is 750. The lowest BCUT2D eigenvalue weighted by atomic mass is 10.1. The van der Waals surface area contributed by atoms with Crippen LogP contribution in [-0.2, 0) is 14.8 Å². The van der Waals surface area contributed by atoms with Gasteiger partial charge in [-0.3, -0.25) is 9.59 Å². The molecule has 2 N–H and O–H groups in total. The van der Waals surface area contributed by atoms with Crippen LogP contribution in [-0.4, -0.2) is 49.9 Å². The van der Waals surface area contributed by atoms with Gasteiger partial charge in [0.1, 0.15) is 6.54 Å². The lowest BCUT2D eigenvalue weighted by Gasteiger charge is -2.23. The van der Waals surface area contributed by atoms with Crippen LogP contribution in [0, 0.1) is 18.3 Å². The summed E-state index contributed by atoms with van der Waals surface area (Å²) in [6, 6.07) is 5.40. The molecule has 0 radical (unpaired) electrons. The zero-order chi connectivity index (χ0) is 18.3. The van der Waals surface area contributed by atoms with Crippen LogP contribution in [0.5, 0.6) is 0 Å². The standard InChI is InChI=1S/C16H20N2O5S/c1-4-8-17-24(22,23)14-7-5-6-13(9-14)16(21)18(10-12(2)3)11-15(19)20/h1,5-7,9,12,17H,8,10-11H2,2-3H3,(H,19,20). The van der Waals surface area contributed by atoms with Gasteiger partial charge in [0.25, 0.3) is 5.91 Å². The number of carboxylic acids is 1. The third-order valence-corrected chi connectivity index (χ3v) is 4.35. The zero-order valence-electron chi connectivity index (χ0n) is 13.5. The van der Waals surface area contributed by atoms with E-state index in [4.69, 9.17) is 11.5 Å². The number of nitrogens with one attached hydrogen (secondary N) is 1. The molecule has 0 fully saturated rings. The van der Waals surface area contributed by atoms with Crippen LogP contribution in [0.25, 0.3) is 0 Å². The van der Waals surface area contributed by atoms with Crippen LogP contribution in [0.2, 0.25) is 0 Å². The number of carbonyl (C=O) groups is 2. The molecular formula is C16H20N2O5S. The number of aliphatic carboxylic acids is 1. The zero-order valence-corrected chi connectivity index (χ0v) is 14.3. The average molecular weight is 352 g/mol. The molecule has 0 saturated heterocycles. The second-order valence-corrected chi connectivity index (χ2v) is 7.30. The molecule has 0 aromatic heterocycles. The third-order valence-electron chi connectivity index (χ3n) is 2.95. The minimum absolute atomic E-state index is 0.0671. The van der Waals surface area contributed by atoms with Crippen molar-refractivity contribution in [3.05, 3.63) is 29.8 Å². The lowest BCUT2D eigenvalue weighted by molar-refractivity contribution is -0.137. The smallest absolute Gasteiger partial charge is 0.323 e. The van der Waals surface area contributed by atoms with E-state index in [9.17, 15) is 18.0 Å². The van der Waals surface area contributed by atoms with Gasteiger partial charge in [-0.15, -0.1) is 6.42 Å². The molecule has 1 amide bonds. The molecule has 130 valence electrons. The highest BCUT2D eigenvalue weighted by Gasteiger charge is 2.21. The number of nitrogens with zero attached hydrogens (tertiary/aromatic N) is 1. The van der Waals surface area contributed by atoms with Gasteiger partial charge in [-0.05, 0) is 24.1 Å². The number of carboxylic acid groups (broad SMARTS) is 1. The van der Waals surface area contributed by atoms with E-state index in [1.807, 2.05) is 13.8 Å². The number of carbonyl (C=O) groups excluding carboxylic acids is 1. The average Bonchev–Trinajstić information content (AvgIpc) is 2.51. The van der Waals surface area contributed by atoms with Gasteiger partial charge in [-0.25, -0.2) is 8.42 Å². The highest BCUT2D eigenvalue weighted by atomic mass is 32.2. The summed E-state index contributed by atoms with van der Waals surface area (Å²) >= 11 is 0. The molecule has 24 heavy (non-hydrogen) atoms. The highest BCUT2D eigenvalue weighted by molar-refractivity contribution is 7.89. The summed E-state index contributed by atoms with van der Waals surface area (Å²) in [4.78, 5) is 24.5. The SMILES string of the molecule is C#CCNS(=O)(=O)c1cccc(C(=O)N(CC(=O)O)CC(C)C)c1. The van der Waals surface area contributed by atoms with Crippen molar-refractivity contribution in [1.82, 2.24) is 9.62 Å². The van der Waals surface area contributed by atoms with E-state index in [1.165, 1.54) is 29.2 Å². The Morgan fingerprint density at radius 3 is 2.58 bits per heavy atom. The minimum Gasteiger partial charge on any atom is -0.480 e. The first-order valence-corrected chi connectivity index (χ1v) is 8.70. The number of hydrogen-bond donors (Lipinski definition) is 2. The molecule has 0 unspecified atom stereocenters. The first kappa shape index (κ1) is 19.7. The summed E-state index contributed by atoms with van der Waals surface area (Å²) < 4.78 is 26.3. The fourth-order valence-electron chi connectivity index (χ4n) is 2.02. The highest BCUT2D eigenvalue weighted by Crippen LogP contribution is 2.14. The number of terminal acetylenes is 1. The molecule has 1 rings (SSSR count). The maximum absolute atomic E-state index is 12.5. The van der Waals surface area contributed by atoms with Gasteiger partial charge >= 0.3 is 5.97 Å². The van der Waals surface area contributed by atoms with E-state index in [1.54, 1.807) is 0 Å². The maximum atomic E-state index is 12.5. The van der Waals surface area contributed by atoms with Crippen LogP contribution in [0.1, 0.15) is 24.2 Å². The fraction of sp³-hybridized carbons (Fsp3) is 0.375. The Labute approximate surface area is 141 Å². The van der Waals surface area contributed by atoms with E-state index < -0.39 is 28.4 Å². The summed E-state index contributed by atoms with van der Waals surface area (Å²) in [7, 11) is -3.83. The first-order chi connectivity index (χ1) is 11.2. The monoisotopic (exact) mass is 352 g/mol. The Kier molecular flexibility index (Phi) is 6.95. The second-order valence-electron chi connectivity index (χ2n) is 5.53. The molecule has 0 atom stereocenters. The molecule has 0 spiro atoms. The predicted molar refractivity (Wildman–Crippen MR) is 88.8 cm³/mol. The normalized spacial score (nSPS) is 11.1. The van der Waals surface area contributed by atoms with E-state index in [0.29, 0.717) is 0 Å². The maximum Gasteiger partial charge on any atom is 0.323 e. The molecule has 1 aromatic carbocycles. The van der Waals surface area contributed by atoms with Crippen LogP contribution >= 0.6 is 0 Å². The summed E-state index contributed by atoms with van der Waals surface area (Å²) in [5.41, 5.74) is 0.0977. The molecule has 0 saturated carbocycles. The van der Waals surface area contributed by atoms with Crippen LogP contribution < -0.4 is 4.72 Å². The Hall–Kier alpha value is -2.37. The number of sulfonamides is 1. The molecule has 0 aliphatic heterocycles. The summed E-state index contributed by atoms with van der Waals surface area (Å²) in [5.74, 6) is 0.552. The molecule has 0 aliphatic rings. The summed E-state index contributed by atoms with van der Waals surface area (Å²) in [6.07, 6.45) is 5.03. The molecule has 0 heterocycles. The largest absolute Gasteiger partial charge is 0.480 e. The first-order valence-electron chi connectivity index (χ1n) is 7.21. The van der Waals surface area contributed by atoms with Crippen LogP contribution in [0.4, 0.5) is 0 Å². The van der Waals surface area contributed by atoms with Crippen LogP contribution in [0.15, 0.2) is 29.2 Å². The van der Waals surface area contributed by atoms with E-state index in [-0.39, 0.29) is 29.5 Å². The molecule has 0 aliphatic carbocycles. The van der Waals surface area contributed by atoms with Crippen molar-refractivity contribution in [3.8, 4) is 12.3 Å². The fourth-order valence-corrected chi connectivity index (χ4v) is 3.00. The quantitative estimate of drug-likeness (QED) is 0.673. The van der Waals surface area contributed by atoms with Gasteiger partial charge in [0.05, 0.1) is 11.4 Å². The van der Waals surface area contributed by atoms with E-state index >= 15 is 0 Å². The van der Waals surface area contributed by atoms with E-state index in [2.05, 4.69) is 10.6 Å². The molecule has 8 heteroatoms. The van der Waals surface area contributed by atoms with Crippen molar-refractivity contribution in [1.29, 1.82) is 0 Å². The summed E-state index contributed by atoms with van der Waals surface area (Å²) in [5, 5.41) is 8.95. The third kappa shape index (κ3) is 5.68. The van der Waals surface area contributed by atoms with Gasteiger partial charge in [-0.2, -0.15) is 4.72 Å².